The van der Waals surface area contributed by atoms with Crippen LogP contribution in [0.15, 0.2) is 0 Å². The van der Waals surface area contributed by atoms with Gasteiger partial charge in [0.15, 0.2) is 0 Å². The summed E-state index contributed by atoms with van der Waals surface area (Å²) in [7, 11) is 0. The molecule has 1 aliphatic heterocycles. The molecule has 1 unspecified atom stereocenters. The molecular weight excluding hydrogens is 164 g/mol. The van der Waals surface area contributed by atoms with Crippen molar-refractivity contribution in [1.82, 2.24) is 10.2 Å². The van der Waals surface area contributed by atoms with Crippen LogP contribution >= 0.6 is 0 Å². The number of carbonyl (C=O) groups is 1. The minimum atomic E-state index is 0.348. The fourth-order valence-corrected chi connectivity index (χ4v) is 2.05. The molecule has 1 N–H and O–H groups in total. The molecular formula is C10H18N2O. The molecule has 2 rings (SSSR count). The van der Waals surface area contributed by atoms with Gasteiger partial charge in [-0.05, 0) is 12.8 Å². The van der Waals surface area contributed by atoms with Crippen molar-refractivity contribution in [2.75, 3.05) is 6.54 Å². The molecule has 1 aliphatic carbocycles. The van der Waals surface area contributed by atoms with Crippen molar-refractivity contribution in [3.8, 4) is 0 Å². The summed E-state index contributed by atoms with van der Waals surface area (Å²) >= 11 is 0. The Hall–Kier alpha value is -0.570. The Morgan fingerprint density at radius 3 is 2.69 bits per heavy atom. The summed E-state index contributed by atoms with van der Waals surface area (Å²) in [5, 5.41) is 3.42. The summed E-state index contributed by atoms with van der Waals surface area (Å²) in [5.41, 5.74) is 0. The van der Waals surface area contributed by atoms with Crippen LogP contribution in [-0.4, -0.2) is 35.5 Å². The molecule has 13 heavy (non-hydrogen) atoms. The van der Waals surface area contributed by atoms with E-state index in [1.807, 2.05) is 0 Å². The molecule has 0 radical (unpaired) electrons. The lowest BCUT2D eigenvalue weighted by atomic mass is 10.2. The zero-order valence-corrected chi connectivity index (χ0v) is 8.42. The minimum Gasteiger partial charge on any atom is -0.338 e. The van der Waals surface area contributed by atoms with E-state index >= 15 is 0 Å². The number of rotatable bonds is 3. The average molecular weight is 182 g/mol. The van der Waals surface area contributed by atoms with E-state index in [4.69, 9.17) is 0 Å². The lowest BCUT2D eigenvalue weighted by Gasteiger charge is -2.17. The normalized spacial score (nSPS) is 29.0. The molecule has 2 fully saturated rings. The Bertz CT molecular complexity index is 211. The van der Waals surface area contributed by atoms with Gasteiger partial charge in [-0.2, -0.15) is 0 Å². The van der Waals surface area contributed by atoms with Gasteiger partial charge in [0.25, 0.3) is 0 Å². The molecule has 1 saturated carbocycles. The van der Waals surface area contributed by atoms with Crippen LogP contribution in [0.3, 0.4) is 0 Å². The number of hydrogen-bond acceptors (Lipinski definition) is 2. The Labute approximate surface area is 79.5 Å². The van der Waals surface area contributed by atoms with Crippen molar-refractivity contribution in [3.05, 3.63) is 0 Å². The Kier molecular flexibility index (Phi) is 2.28. The third-order valence-corrected chi connectivity index (χ3v) is 2.72. The summed E-state index contributed by atoms with van der Waals surface area (Å²) in [4.78, 5) is 13.6. The second kappa shape index (κ2) is 3.29. The van der Waals surface area contributed by atoms with E-state index in [0.717, 1.165) is 6.54 Å². The molecule has 0 aromatic heterocycles. The monoisotopic (exact) mass is 182 g/mol. The molecule has 74 valence electrons. The van der Waals surface area contributed by atoms with Gasteiger partial charge in [-0.15, -0.1) is 0 Å². The van der Waals surface area contributed by atoms with Crippen LogP contribution < -0.4 is 5.32 Å². The number of amides is 1. The number of likely N-dealkylation sites (tertiary alicyclic amines) is 1. The highest BCUT2D eigenvalue weighted by Crippen LogP contribution is 2.30. The largest absolute Gasteiger partial charge is 0.338 e. The van der Waals surface area contributed by atoms with Crippen LogP contribution in [0, 0.1) is 0 Å². The van der Waals surface area contributed by atoms with E-state index in [1.165, 1.54) is 12.8 Å². The van der Waals surface area contributed by atoms with Crippen molar-refractivity contribution < 1.29 is 4.79 Å². The fraction of sp³-hybridized carbons (Fsp3) is 0.900. The first-order valence-electron chi connectivity index (χ1n) is 5.22. The van der Waals surface area contributed by atoms with Gasteiger partial charge in [-0.25, -0.2) is 0 Å². The van der Waals surface area contributed by atoms with Gasteiger partial charge in [0.2, 0.25) is 5.91 Å². The fourth-order valence-electron chi connectivity index (χ4n) is 2.05. The van der Waals surface area contributed by atoms with E-state index in [0.29, 0.717) is 30.5 Å². The Balaban J connectivity index is 1.86. The summed E-state index contributed by atoms with van der Waals surface area (Å²) in [6.45, 7) is 5.19. The van der Waals surface area contributed by atoms with Gasteiger partial charge in [0, 0.05) is 31.1 Å². The highest BCUT2D eigenvalue weighted by Gasteiger charge is 2.39. The number of nitrogens with zero attached hydrogens (tertiary/aromatic N) is 1. The molecule has 1 saturated heterocycles. The Morgan fingerprint density at radius 2 is 2.15 bits per heavy atom. The Morgan fingerprint density at radius 1 is 1.46 bits per heavy atom. The second-order valence-electron chi connectivity index (χ2n) is 4.50. The molecule has 2 aliphatic rings. The molecule has 0 bridgehead atoms. The van der Waals surface area contributed by atoms with Crippen LogP contribution in [0.2, 0.25) is 0 Å². The highest BCUT2D eigenvalue weighted by atomic mass is 16.2. The van der Waals surface area contributed by atoms with Crippen molar-refractivity contribution in [2.24, 2.45) is 0 Å². The average Bonchev–Trinajstić information content (AvgIpc) is 2.77. The number of nitrogens with one attached hydrogen (secondary N) is 1. The maximum atomic E-state index is 11.5. The minimum absolute atomic E-state index is 0.348. The highest BCUT2D eigenvalue weighted by molar-refractivity contribution is 5.80. The van der Waals surface area contributed by atoms with E-state index in [9.17, 15) is 4.79 Å². The summed E-state index contributed by atoms with van der Waals surface area (Å²) in [5.74, 6) is 0.348. The van der Waals surface area contributed by atoms with Crippen molar-refractivity contribution >= 4 is 5.91 Å². The van der Waals surface area contributed by atoms with Crippen LogP contribution in [0.4, 0.5) is 0 Å². The second-order valence-corrected chi connectivity index (χ2v) is 4.50. The van der Waals surface area contributed by atoms with E-state index in [2.05, 4.69) is 24.1 Å². The number of carbonyl (C=O) groups excluding carboxylic acids is 1. The zero-order chi connectivity index (χ0) is 9.42. The first kappa shape index (κ1) is 9.00. The summed E-state index contributed by atoms with van der Waals surface area (Å²) in [6, 6.07) is 1.47. The predicted octanol–water partition coefficient (Wildman–Crippen LogP) is 0.748. The molecule has 3 nitrogen and oxygen atoms in total. The van der Waals surface area contributed by atoms with Gasteiger partial charge in [-0.1, -0.05) is 13.8 Å². The third-order valence-electron chi connectivity index (χ3n) is 2.72. The molecule has 3 heteroatoms. The molecule has 1 atom stereocenters. The maximum Gasteiger partial charge on any atom is 0.224 e. The predicted molar refractivity (Wildman–Crippen MR) is 51.4 cm³/mol. The smallest absolute Gasteiger partial charge is 0.224 e. The zero-order valence-electron chi connectivity index (χ0n) is 8.42. The topological polar surface area (TPSA) is 32.3 Å². The lowest BCUT2D eigenvalue weighted by Crippen LogP contribution is -2.37. The van der Waals surface area contributed by atoms with Gasteiger partial charge in [0.1, 0.15) is 0 Å². The number of hydrogen-bond donors (Lipinski definition) is 1. The van der Waals surface area contributed by atoms with Crippen molar-refractivity contribution in [1.29, 1.82) is 0 Å². The molecule has 1 heterocycles. The molecule has 0 spiro atoms. The lowest BCUT2D eigenvalue weighted by molar-refractivity contribution is -0.128. The molecule has 0 aromatic rings. The molecule has 1 amide bonds. The quantitative estimate of drug-likeness (QED) is 0.698. The van der Waals surface area contributed by atoms with Crippen LogP contribution in [0.25, 0.3) is 0 Å². The van der Waals surface area contributed by atoms with E-state index < -0.39 is 0 Å². The summed E-state index contributed by atoms with van der Waals surface area (Å²) < 4.78 is 0. The molecule has 0 aromatic carbocycles. The van der Waals surface area contributed by atoms with Crippen molar-refractivity contribution in [3.63, 3.8) is 0 Å². The van der Waals surface area contributed by atoms with E-state index in [1.54, 1.807) is 0 Å². The van der Waals surface area contributed by atoms with Crippen LogP contribution in [0.1, 0.15) is 33.1 Å². The first-order chi connectivity index (χ1) is 6.16. The SMILES string of the molecule is CC(C)NC1CC(=O)N(C2CC2)C1. The first-order valence-corrected chi connectivity index (χ1v) is 5.22. The maximum absolute atomic E-state index is 11.5. The van der Waals surface area contributed by atoms with Crippen molar-refractivity contribution in [2.45, 2.75) is 51.2 Å². The standard InChI is InChI=1S/C10H18N2O/c1-7(2)11-8-5-10(13)12(6-8)9-3-4-9/h7-9,11H,3-6H2,1-2H3. The summed E-state index contributed by atoms with van der Waals surface area (Å²) in [6.07, 6.45) is 3.15. The van der Waals surface area contributed by atoms with Gasteiger partial charge < -0.3 is 10.2 Å². The van der Waals surface area contributed by atoms with Gasteiger partial charge >= 0.3 is 0 Å². The van der Waals surface area contributed by atoms with Gasteiger partial charge in [0.05, 0.1) is 0 Å². The van der Waals surface area contributed by atoms with E-state index in [-0.39, 0.29) is 0 Å². The third kappa shape index (κ3) is 2.02. The van der Waals surface area contributed by atoms with Crippen LogP contribution in [-0.2, 0) is 4.79 Å². The van der Waals surface area contributed by atoms with Gasteiger partial charge in [-0.3, -0.25) is 4.79 Å². The van der Waals surface area contributed by atoms with Crippen LogP contribution in [0.5, 0.6) is 0 Å².